The van der Waals surface area contributed by atoms with Crippen LogP contribution in [0.25, 0.3) is 0 Å². The highest BCUT2D eigenvalue weighted by Gasteiger charge is 2.21. The topological polar surface area (TPSA) is 59.0 Å². The lowest BCUT2D eigenvalue weighted by Gasteiger charge is -2.22. The Hall–Kier alpha value is -1.53. The molecule has 0 unspecified atom stereocenters. The summed E-state index contributed by atoms with van der Waals surface area (Å²) in [5, 5.41) is 3.88. The molecule has 1 aromatic rings. The minimum atomic E-state index is 0.468. The smallest absolute Gasteiger partial charge is 0.213 e. The van der Waals surface area contributed by atoms with Crippen LogP contribution in [0.4, 0.5) is 0 Å². The quantitative estimate of drug-likeness (QED) is 0.397. The molecule has 1 fully saturated rings. The molecular weight excluding hydrogens is 328 g/mol. The number of guanidine groups is 1. The Morgan fingerprint density at radius 3 is 2.92 bits per heavy atom. The highest BCUT2D eigenvalue weighted by atomic mass is 35.5. The number of likely N-dealkylation sites (N-methyl/N-ethyl adjacent to an activating group) is 1. The van der Waals surface area contributed by atoms with Crippen molar-refractivity contribution >= 4 is 17.6 Å². The van der Waals surface area contributed by atoms with Gasteiger partial charge < -0.3 is 19.7 Å². The van der Waals surface area contributed by atoms with Gasteiger partial charge in [0.25, 0.3) is 0 Å². The second-order valence-electron chi connectivity index (χ2n) is 5.84. The summed E-state index contributed by atoms with van der Waals surface area (Å²) in [5.74, 6) is 2.22. The van der Waals surface area contributed by atoms with Crippen LogP contribution in [0.3, 0.4) is 0 Å². The molecular formula is C17H27ClN4O2. The fraction of sp³-hybridized carbons (Fsp3) is 0.647. The van der Waals surface area contributed by atoms with Crippen molar-refractivity contribution in [1.29, 1.82) is 0 Å². The van der Waals surface area contributed by atoms with Gasteiger partial charge >= 0.3 is 0 Å². The van der Waals surface area contributed by atoms with E-state index in [-0.39, 0.29) is 0 Å². The van der Waals surface area contributed by atoms with Gasteiger partial charge in [-0.1, -0.05) is 11.6 Å². The molecule has 0 radical (unpaired) electrons. The largest absolute Gasteiger partial charge is 0.476 e. The summed E-state index contributed by atoms with van der Waals surface area (Å²) in [6, 6.07) is 3.51. The summed E-state index contributed by atoms with van der Waals surface area (Å²) >= 11 is 5.79. The number of aromatic nitrogens is 1. The van der Waals surface area contributed by atoms with Crippen LogP contribution in [0.15, 0.2) is 23.3 Å². The summed E-state index contributed by atoms with van der Waals surface area (Å²) in [4.78, 5) is 10.7. The van der Waals surface area contributed by atoms with Gasteiger partial charge in [-0.05, 0) is 31.7 Å². The Morgan fingerprint density at radius 1 is 1.42 bits per heavy atom. The Bertz CT molecular complexity index is 506. The predicted molar refractivity (Wildman–Crippen MR) is 96.9 cm³/mol. The molecule has 1 N–H and O–H groups in total. The van der Waals surface area contributed by atoms with Crippen LogP contribution < -0.4 is 10.1 Å². The van der Waals surface area contributed by atoms with Crippen LogP contribution >= 0.6 is 11.6 Å². The van der Waals surface area contributed by atoms with E-state index in [2.05, 4.69) is 27.1 Å². The molecule has 1 saturated carbocycles. The molecule has 0 atom stereocenters. The van der Waals surface area contributed by atoms with Crippen molar-refractivity contribution in [3.63, 3.8) is 0 Å². The molecule has 1 aromatic heterocycles. The van der Waals surface area contributed by atoms with Crippen LogP contribution in [0.5, 0.6) is 5.88 Å². The fourth-order valence-electron chi connectivity index (χ4n) is 2.06. The van der Waals surface area contributed by atoms with Crippen molar-refractivity contribution in [2.45, 2.75) is 19.8 Å². The van der Waals surface area contributed by atoms with Gasteiger partial charge in [-0.2, -0.15) is 0 Å². The number of halogens is 1. The summed E-state index contributed by atoms with van der Waals surface area (Å²) in [5.41, 5.74) is 0. The van der Waals surface area contributed by atoms with Crippen LogP contribution in [-0.4, -0.2) is 62.3 Å². The molecule has 1 aliphatic carbocycles. The molecule has 7 heteroatoms. The van der Waals surface area contributed by atoms with Gasteiger partial charge in [0.15, 0.2) is 5.96 Å². The first-order valence-electron chi connectivity index (χ1n) is 8.50. The second-order valence-corrected chi connectivity index (χ2v) is 6.28. The maximum absolute atomic E-state index is 5.79. The van der Waals surface area contributed by atoms with Gasteiger partial charge in [-0.3, -0.25) is 0 Å². The molecule has 6 nitrogen and oxygen atoms in total. The standard InChI is InChI=1S/C17H27ClN4O2/c1-3-19-17(22(2)9-11-23-13-14-4-5-14)20-8-10-24-16-7-6-15(18)12-21-16/h6-7,12,14H,3-5,8-11,13H2,1-2H3,(H,19,20). The van der Waals surface area contributed by atoms with E-state index in [1.165, 1.54) is 12.8 Å². The summed E-state index contributed by atoms with van der Waals surface area (Å²) in [6.07, 6.45) is 4.21. The van der Waals surface area contributed by atoms with Crippen LogP contribution in [0, 0.1) is 5.92 Å². The number of hydrogen-bond acceptors (Lipinski definition) is 4. The number of hydrogen-bond donors (Lipinski definition) is 1. The van der Waals surface area contributed by atoms with Crippen LogP contribution in [-0.2, 0) is 4.74 Å². The summed E-state index contributed by atoms with van der Waals surface area (Å²) < 4.78 is 11.2. The van der Waals surface area contributed by atoms with Crippen molar-refractivity contribution in [1.82, 2.24) is 15.2 Å². The van der Waals surface area contributed by atoms with Crippen molar-refractivity contribution in [2.24, 2.45) is 10.9 Å². The van der Waals surface area contributed by atoms with E-state index in [0.29, 0.717) is 24.1 Å². The van der Waals surface area contributed by atoms with Crippen molar-refractivity contribution < 1.29 is 9.47 Å². The molecule has 0 spiro atoms. The molecule has 2 rings (SSSR count). The van der Waals surface area contributed by atoms with Gasteiger partial charge in [0.2, 0.25) is 5.88 Å². The van der Waals surface area contributed by atoms with E-state index in [4.69, 9.17) is 21.1 Å². The third kappa shape index (κ3) is 7.36. The fourth-order valence-corrected chi connectivity index (χ4v) is 2.17. The van der Waals surface area contributed by atoms with Crippen LogP contribution in [0.2, 0.25) is 5.02 Å². The Kier molecular flexibility index (Phi) is 8.12. The zero-order valence-corrected chi connectivity index (χ0v) is 15.3. The molecule has 24 heavy (non-hydrogen) atoms. The predicted octanol–water partition coefficient (Wildman–Crippen LogP) is 2.44. The number of pyridine rings is 1. The van der Waals surface area contributed by atoms with Gasteiger partial charge in [0.1, 0.15) is 6.61 Å². The Labute approximate surface area is 149 Å². The second kappa shape index (κ2) is 10.4. The lowest BCUT2D eigenvalue weighted by atomic mass is 10.5. The zero-order chi connectivity index (χ0) is 17.2. The lowest BCUT2D eigenvalue weighted by molar-refractivity contribution is 0.115. The molecule has 1 aliphatic rings. The number of ether oxygens (including phenoxy) is 2. The molecule has 1 heterocycles. The molecule has 0 saturated heterocycles. The third-order valence-corrected chi connectivity index (χ3v) is 3.84. The number of aliphatic imine (C=N–C) groups is 1. The van der Waals surface area contributed by atoms with E-state index in [0.717, 1.165) is 38.2 Å². The summed E-state index contributed by atoms with van der Waals surface area (Å²) in [6.45, 7) is 6.34. The van der Waals surface area contributed by atoms with Gasteiger partial charge in [-0.25, -0.2) is 9.98 Å². The third-order valence-electron chi connectivity index (χ3n) is 3.62. The van der Waals surface area contributed by atoms with E-state index in [1.807, 2.05) is 7.05 Å². The van der Waals surface area contributed by atoms with E-state index in [1.54, 1.807) is 18.3 Å². The summed E-state index contributed by atoms with van der Waals surface area (Å²) in [7, 11) is 2.02. The first kappa shape index (κ1) is 18.8. The van der Waals surface area contributed by atoms with Crippen molar-refractivity contribution in [3.05, 3.63) is 23.4 Å². The van der Waals surface area contributed by atoms with Crippen molar-refractivity contribution in [3.8, 4) is 5.88 Å². The minimum Gasteiger partial charge on any atom is -0.476 e. The van der Waals surface area contributed by atoms with E-state index >= 15 is 0 Å². The SMILES string of the molecule is CCNC(=NCCOc1ccc(Cl)cn1)N(C)CCOCC1CC1. The highest BCUT2D eigenvalue weighted by Crippen LogP contribution is 2.28. The Morgan fingerprint density at radius 2 is 2.25 bits per heavy atom. The normalized spacial score (nSPS) is 14.5. The van der Waals surface area contributed by atoms with E-state index in [9.17, 15) is 0 Å². The Balaban J connectivity index is 1.68. The number of nitrogens with zero attached hydrogens (tertiary/aromatic N) is 3. The first-order chi connectivity index (χ1) is 11.7. The van der Waals surface area contributed by atoms with Crippen molar-refractivity contribution in [2.75, 3.05) is 46.5 Å². The average molecular weight is 355 g/mol. The van der Waals surface area contributed by atoms with Crippen LogP contribution in [0.1, 0.15) is 19.8 Å². The monoisotopic (exact) mass is 354 g/mol. The lowest BCUT2D eigenvalue weighted by Crippen LogP contribution is -2.40. The molecule has 0 aliphatic heterocycles. The van der Waals surface area contributed by atoms with Gasteiger partial charge in [0, 0.05) is 39.0 Å². The maximum Gasteiger partial charge on any atom is 0.213 e. The maximum atomic E-state index is 5.79. The van der Waals surface area contributed by atoms with Gasteiger partial charge in [0.05, 0.1) is 18.2 Å². The molecule has 0 aromatic carbocycles. The number of rotatable bonds is 10. The van der Waals surface area contributed by atoms with Gasteiger partial charge in [-0.15, -0.1) is 0 Å². The first-order valence-corrected chi connectivity index (χ1v) is 8.88. The molecule has 0 bridgehead atoms. The molecule has 134 valence electrons. The number of nitrogens with one attached hydrogen (secondary N) is 1. The zero-order valence-electron chi connectivity index (χ0n) is 14.5. The highest BCUT2D eigenvalue weighted by molar-refractivity contribution is 6.30. The van der Waals surface area contributed by atoms with E-state index < -0.39 is 0 Å². The average Bonchev–Trinajstić information content (AvgIpc) is 3.40. The molecule has 0 amide bonds. The minimum absolute atomic E-state index is 0.468.